The molecule has 6 atom stereocenters. The molecule has 2 N–H and O–H groups in total. The number of aliphatic hydroxyl groups is 2. The monoisotopic (exact) mass is 819 g/mol. The molecular weight excluding hydrogens is 765 g/mol. The fourth-order valence-electron chi connectivity index (χ4n) is 8.98. The van der Waals surface area contributed by atoms with Crippen LogP contribution in [0.4, 0.5) is 9.18 Å². The molecule has 0 bridgehead atoms. The molecule has 3 aliphatic rings. The highest BCUT2D eigenvalue weighted by molar-refractivity contribution is 6.18. The number of amides is 1. The van der Waals surface area contributed by atoms with Crippen molar-refractivity contribution in [3.8, 4) is 11.5 Å². The van der Waals surface area contributed by atoms with Gasteiger partial charge in [0.2, 0.25) is 5.79 Å². The second-order valence-corrected chi connectivity index (χ2v) is 15.4. The van der Waals surface area contributed by atoms with Crippen molar-refractivity contribution in [3.05, 3.63) is 113 Å². The van der Waals surface area contributed by atoms with Gasteiger partial charge in [0, 0.05) is 43.4 Å². The minimum Gasteiger partial charge on any atom is -0.487 e. The first kappa shape index (κ1) is 43.1. The summed E-state index contributed by atoms with van der Waals surface area (Å²) in [4.78, 5) is 26.0. The van der Waals surface area contributed by atoms with Gasteiger partial charge in [0.1, 0.15) is 43.7 Å². The van der Waals surface area contributed by atoms with Gasteiger partial charge in [0.05, 0.1) is 29.8 Å². The van der Waals surface area contributed by atoms with E-state index in [1.165, 1.54) is 19.2 Å². The Morgan fingerprint density at radius 2 is 1.88 bits per heavy atom. The van der Waals surface area contributed by atoms with E-state index in [9.17, 15) is 19.4 Å². The van der Waals surface area contributed by atoms with Crippen molar-refractivity contribution in [2.75, 3.05) is 39.4 Å². The Hall–Kier alpha value is -4.49. The van der Waals surface area contributed by atoms with Gasteiger partial charge in [0.15, 0.2) is 0 Å². The molecule has 1 fully saturated rings. The number of nitrogens with zero attached hydrogens (tertiary/aromatic N) is 3. The van der Waals surface area contributed by atoms with Crippen molar-refractivity contribution < 1.29 is 43.2 Å². The number of pyridine rings is 1. The standard InChI is InChI=1S/C45H55ClFN3O8/c1-4-23-57-45-41(50(44(53)55-24-20-46)28-31-14-16-33(47)17-15-31)27-39(49-54-3)37-25-32(11-5-7-21-51)36(13-6-8-22-52)42(43(37)45)38-26-35(18-19-40(38)58-45)56-29-34-12-9-10-30(2)48-34/h4,9-10,12,14-19,25-26,32,36,41-43,51-52H,1,5-8,11,13,20-24,27-29H2,2-3H3/t32-,36+,41-,42+,43+,45+/m0/s1. The number of carbonyl (C=O) groups excluding carboxylic acids is 1. The first-order valence-electron chi connectivity index (χ1n) is 20.2. The fraction of sp³-hybridized carbons (Fsp3) is 0.489. The lowest BCUT2D eigenvalue weighted by Crippen LogP contribution is -2.70. The first-order valence-corrected chi connectivity index (χ1v) is 20.7. The quantitative estimate of drug-likeness (QED) is 0.0501. The Balaban J connectivity index is 1.56. The lowest BCUT2D eigenvalue weighted by atomic mass is 9.55. The zero-order chi connectivity index (χ0) is 41.1. The second kappa shape index (κ2) is 20.5. The number of rotatable bonds is 20. The number of oxime groups is 1. The number of alkyl halides is 1. The van der Waals surface area contributed by atoms with E-state index >= 15 is 0 Å². The smallest absolute Gasteiger partial charge is 0.410 e. The van der Waals surface area contributed by atoms with Gasteiger partial charge < -0.3 is 34.0 Å². The number of halogens is 2. The molecule has 1 aromatic heterocycles. The maximum atomic E-state index is 14.3. The number of fused-ring (bicyclic) bond motifs is 2. The van der Waals surface area contributed by atoms with Gasteiger partial charge in [-0.25, -0.2) is 9.18 Å². The summed E-state index contributed by atoms with van der Waals surface area (Å²) in [6.07, 6.45) is 7.95. The molecule has 1 amide bonds. The molecule has 6 rings (SSSR count). The van der Waals surface area contributed by atoms with E-state index in [1.54, 1.807) is 23.1 Å². The molecule has 11 nitrogen and oxygen atoms in total. The topological polar surface area (TPSA) is 132 Å². The number of benzene rings is 2. The third-order valence-corrected chi connectivity index (χ3v) is 11.5. The van der Waals surface area contributed by atoms with E-state index < -0.39 is 29.7 Å². The van der Waals surface area contributed by atoms with E-state index in [2.05, 4.69) is 22.8 Å². The molecule has 0 radical (unpaired) electrons. The Morgan fingerprint density at radius 3 is 2.59 bits per heavy atom. The third-order valence-electron chi connectivity index (χ3n) is 11.4. The molecule has 13 heteroatoms. The summed E-state index contributed by atoms with van der Waals surface area (Å²) in [6, 6.07) is 16.8. The molecule has 1 aliphatic heterocycles. The molecule has 2 heterocycles. The Kier molecular flexibility index (Phi) is 15.2. The van der Waals surface area contributed by atoms with Gasteiger partial charge in [-0.15, -0.1) is 18.2 Å². The highest BCUT2D eigenvalue weighted by Crippen LogP contribution is 2.62. The molecule has 0 unspecified atom stereocenters. The summed E-state index contributed by atoms with van der Waals surface area (Å²) in [5.41, 5.74) is 4.84. The summed E-state index contributed by atoms with van der Waals surface area (Å²) in [5, 5.41) is 24.3. The van der Waals surface area contributed by atoms with Gasteiger partial charge in [-0.05, 0) is 98.0 Å². The van der Waals surface area contributed by atoms with Crippen molar-refractivity contribution in [2.24, 2.45) is 22.9 Å². The van der Waals surface area contributed by atoms with Crippen molar-refractivity contribution in [2.45, 2.75) is 82.8 Å². The highest BCUT2D eigenvalue weighted by atomic mass is 35.5. The van der Waals surface area contributed by atoms with E-state index in [0.29, 0.717) is 35.6 Å². The number of allylic oxidation sites excluding steroid dienone is 1. The Labute approximate surface area is 345 Å². The number of hydrogen-bond donors (Lipinski definition) is 2. The average Bonchev–Trinajstić information content (AvgIpc) is 3.23. The van der Waals surface area contributed by atoms with Crippen LogP contribution in [0.25, 0.3) is 0 Å². The minimum atomic E-state index is -1.50. The van der Waals surface area contributed by atoms with E-state index in [4.69, 9.17) is 35.4 Å². The van der Waals surface area contributed by atoms with Gasteiger partial charge in [-0.3, -0.25) is 9.88 Å². The van der Waals surface area contributed by atoms with Crippen LogP contribution in [-0.2, 0) is 27.5 Å². The summed E-state index contributed by atoms with van der Waals surface area (Å²) in [7, 11) is 1.50. The lowest BCUT2D eigenvalue weighted by molar-refractivity contribution is -0.256. The minimum absolute atomic E-state index is 0.0262. The number of hydrogen-bond acceptors (Lipinski definition) is 10. The largest absolute Gasteiger partial charge is 0.487 e. The number of aliphatic hydroxyl groups excluding tert-OH is 2. The molecule has 2 aliphatic carbocycles. The molecule has 2 aromatic carbocycles. The van der Waals surface area contributed by atoms with E-state index in [-0.39, 0.29) is 69.6 Å². The summed E-state index contributed by atoms with van der Waals surface area (Å²) < 4.78 is 40.5. The van der Waals surface area contributed by atoms with E-state index in [1.807, 2.05) is 43.3 Å². The van der Waals surface area contributed by atoms with E-state index in [0.717, 1.165) is 48.2 Å². The van der Waals surface area contributed by atoms with Gasteiger partial charge >= 0.3 is 6.09 Å². The van der Waals surface area contributed by atoms with Crippen molar-refractivity contribution in [1.82, 2.24) is 9.88 Å². The predicted molar refractivity (Wildman–Crippen MR) is 219 cm³/mol. The zero-order valence-corrected chi connectivity index (χ0v) is 34.1. The lowest BCUT2D eigenvalue weighted by Gasteiger charge is -2.59. The van der Waals surface area contributed by atoms with Crippen LogP contribution in [-0.4, -0.2) is 83.1 Å². The molecular formula is C45H55ClFN3O8. The van der Waals surface area contributed by atoms with Crippen LogP contribution in [0.1, 0.15) is 73.4 Å². The van der Waals surface area contributed by atoms with Crippen molar-refractivity contribution >= 4 is 23.4 Å². The van der Waals surface area contributed by atoms with Gasteiger partial charge in [-0.2, -0.15) is 0 Å². The number of carbonyl (C=O) groups is 1. The van der Waals surface area contributed by atoms with Gasteiger partial charge in [-0.1, -0.05) is 48.3 Å². The maximum Gasteiger partial charge on any atom is 0.410 e. The molecule has 0 spiro atoms. The summed E-state index contributed by atoms with van der Waals surface area (Å²) >= 11 is 6.03. The van der Waals surface area contributed by atoms with Crippen LogP contribution in [0.15, 0.2) is 90.1 Å². The highest BCUT2D eigenvalue weighted by Gasteiger charge is 2.65. The van der Waals surface area contributed by atoms with Crippen LogP contribution in [0.5, 0.6) is 11.5 Å². The number of ether oxygens (including phenoxy) is 4. The van der Waals surface area contributed by atoms with Crippen LogP contribution in [0.2, 0.25) is 0 Å². The normalized spacial score (nSPS) is 23.9. The SMILES string of the molecule is C=CCO[C@@]12Oc3ccc(OCc4cccc(C)n4)cc3[C@H]3[C@H](CCCCO)[C@@H](CCCCO)C=C(C(=NOC)C[C@@H]1N(Cc1ccc(F)cc1)C(=O)OCCCl)[C@H]32. The number of aryl methyl sites for hydroxylation is 1. The number of aromatic nitrogens is 1. The maximum absolute atomic E-state index is 14.3. The van der Waals surface area contributed by atoms with Crippen LogP contribution < -0.4 is 9.47 Å². The molecule has 1 saturated carbocycles. The van der Waals surface area contributed by atoms with Crippen molar-refractivity contribution in [3.63, 3.8) is 0 Å². The molecule has 312 valence electrons. The van der Waals surface area contributed by atoms with Crippen molar-refractivity contribution in [1.29, 1.82) is 0 Å². The Morgan fingerprint density at radius 1 is 1.10 bits per heavy atom. The fourth-order valence-corrected chi connectivity index (χ4v) is 9.06. The summed E-state index contributed by atoms with van der Waals surface area (Å²) in [5.74, 6) is -1.25. The van der Waals surface area contributed by atoms with Crippen LogP contribution >= 0.6 is 11.6 Å². The van der Waals surface area contributed by atoms with Crippen LogP contribution in [0.3, 0.4) is 0 Å². The van der Waals surface area contributed by atoms with Gasteiger partial charge in [0.25, 0.3) is 0 Å². The second-order valence-electron chi connectivity index (χ2n) is 15.1. The molecule has 58 heavy (non-hydrogen) atoms. The zero-order valence-electron chi connectivity index (χ0n) is 33.4. The molecule has 3 aromatic rings. The van der Waals surface area contributed by atoms with Crippen LogP contribution in [0, 0.1) is 30.5 Å². The molecule has 0 saturated heterocycles. The first-order chi connectivity index (χ1) is 28.3. The third kappa shape index (κ3) is 9.68. The Bertz CT molecular complexity index is 1910. The predicted octanol–water partition coefficient (Wildman–Crippen LogP) is 8.25. The summed E-state index contributed by atoms with van der Waals surface area (Å²) in [6.45, 7) is 6.47. The average molecular weight is 820 g/mol. The number of unbranched alkanes of at least 4 members (excludes halogenated alkanes) is 2.